The van der Waals surface area contributed by atoms with Crippen LogP contribution in [0.15, 0.2) is 18.2 Å². The van der Waals surface area contributed by atoms with Crippen LogP contribution in [0, 0.1) is 20.8 Å². The molecular formula is C14H12Cl2N4. The van der Waals surface area contributed by atoms with Gasteiger partial charge in [0.05, 0.1) is 5.69 Å². The summed E-state index contributed by atoms with van der Waals surface area (Å²) < 4.78 is 1.93. The third kappa shape index (κ3) is 1.96. The van der Waals surface area contributed by atoms with E-state index in [0.29, 0.717) is 15.8 Å². The number of benzene rings is 1. The summed E-state index contributed by atoms with van der Waals surface area (Å²) in [6, 6.07) is 5.69. The Bertz CT molecular complexity index is 824. The predicted molar refractivity (Wildman–Crippen MR) is 80.4 cm³/mol. The van der Waals surface area contributed by atoms with E-state index >= 15 is 0 Å². The summed E-state index contributed by atoms with van der Waals surface area (Å²) in [5.41, 5.74) is 4.41. The standard InChI is InChI=1S/C14H12Cl2N4/c1-7-6-10(15)4-5-11(7)13-18-19-14-12(16)17-8(2)9(3)20(13)14/h4-6H,1-3H3. The summed E-state index contributed by atoms with van der Waals surface area (Å²) in [5, 5.41) is 9.47. The highest BCUT2D eigenvalue weighted by molar-refractivity contribution is 6.32. The summed E-state index contributed by atoms with van der Waals surface area (Å²) in [5.74, 6) is 0.749. The predicted octanol–water partition coefficient (Wildman–Crippen LogP) is 4.02. The molecule has 3 aromatic rings. The fourth-order valence-electron chi connectivity index (χ4n) is 2.23. The van der Waals surface area contributed by atoms with Crippen LogP contribution in [0.2, 0.25) is 10.2 Å². The highest BCUT2D eigenvalue weighted by atomic mass is 35.5. The van der Waals surface area contributed by atoms with Gasteiger partial charge in [0, 0.05) is 16.3 Å². The van der Waals surface area contributed by atoms with Crippen molar-refractivity contribution >= 4 is 28.8 Å². The minimum Gasteiger partial charge on any atom is -0.275 e. The number of fused-ring (bicyclic) bond motifs is 1. The summed E-state index contributed by atoms with van der Waals surface area (Å²) in [6.07, 6.45) is 0. The number of nitrogens with zero attached hydrogens (tertiary/aromatic N) is 4. The first kappa shape index (κ1) is 13.3. The molecule has 0 atom stereocenters. The molecule has 1 aromatic carbocycles. The molecule has 2 heterocycles. The van der Waals surface area contributed by atoms with Crippen LogP contribution in [0.4, 0.5) is 0 Å². The van der Waals surface area contributed by atoms with E-state index in [-0.39, 0.29) is 0 Å². The molecule has 3 rings (SSSR count). The van der Waals surface area contributed by atoms with Crippen LogP contribution in [0.1, 0.15) is 17.0 Å². The molecule has 0 unspecified atom stereocenters. The maximum absolute atomic E-state index is 6.14. The Hall–Kier alpha value is -1.65. The van der Waals surface area contributed by atoms with Crippen molar-refractivity contribution in [1.29, 1.82) is 0 Å². The lowest BCUT2D eigenvalue weighted by molar-refractivity contribution is 0.999. The molecule has 6 heteroatoms. The summed E-state index contributed by atoms with van der Waals surface area (Å²) in [7, 11) is 0. The average molecular weight is 307 g/mol. The van der Waals surface area contributed by atoms with E-state index in [1.54, 1.807) is 0 Å². The Balaban J connectivity index is 2.38. The van der Waals surface area contributed by atoms with Crippen molar-refractivity contribution < 1.29 is 0 Å². The molecule has 2 aromatic heterocycles. The highest BCUT2D eigenvalue weighted by Crippen LogP contribution is 2.28. The maximum atomic E-state index is 6.14. The van der Waals surface area contributed by atoms with Crippen LogP contribution in [0.25, 0.3) is 17.0 Å². The van der Waals surface area contributed by atoms with E-state index in [2.05, 4.69) is 15.2 Å². The van der Waals surface area contributed by atoms with E-state index in [4.69, 9.17) is 23.2 Å². The van der Waals surface area contributed by atoms with E-state index in [9.17, 15) is 0 Å². The Kier molecular flexibility index (Phi) is 3.15. The largest absolute Gasteiger partial charge is 0.275 e. The third-order valence-corrected chi connectivity index (χ3v) is 3.89. The lowest BCUT2D eigenvalue weighted by Crippen LogP contribution is -2.01. The molecule has 4 nitrogen and oxygen atoms in total. The summed E-state index contributed by atoms with van der Waals surface area (Å²) in [4.78, 5) is 4.27. The van der Waals surface area contributed by atoms with Crippen LogP contribution >= 0.6 is 23.2 Å². The second-order valence-corrected chi connectivity index (χ2v) is 5.51. The van der Waals surface area contributed by atoms with Crippen LogP contribution in [0.5, 0.6) is 0 Å². The van der Waals surface area contributed by atoms with Gasteiger partial charge >= 0.3 is 0 Å². The number of hydrogen-bond donors (Lipinski definition) is 0. The molecule has 0 saturated carbocycles. The molecular weight excluding hydrogens is 295 g/mol. The first-order chi connectivity index (χ1) is 9.49. The zero-order valence-electron chi connectivity index (χ0n) is 11.3. The van der Waals surface area contributed by atoms with Gasteiger partial charge in [-0.3, -0.25) is 4.40 Å². The SMILES string of the molecule is Cc1cc(Cl)ccc1-c1nnc2c(Cl)nc(C)c(C)n12. The molecule has 0 bridgehead atoms. The van der Waals surface area contributed by atoms with E-state index < -0.39 is 0 Å². The lowest BCUT2D eigenvalue weighted by Gasteiger charge is -2.09. The molecule has 0 fully saturated rings. The van der Waals surface area contributed by atoms with Crippen molar-refractivity contribution in [1.82, 2.24) is 19.6 Å². The minimum atomic E-state index is 0.360. The van der Waals surface area contributed by atoms with E-state index in [1.165, 1.54) is 0 Å². The highest BCUT2D eigenvalue weighted by Gasteiger charge is 2.16. The van der Waals surface area contributed by atoms with E-state index in [1.807, 2.05) is 43.4 Å². The minimum absolute atomic E-state index is 0.360. The Morgan fingerprint density at radius 1 is 1.05 bits per heavy atom. The maximum Gasteiger partial charge on any atom is 0.199 e. The van der Waals surface area contributed by atoms with Crippen LogP contribution in [-0.2, 0) is 0 Å². The zero-order valence-corrected chi connectivity index (χ0v) is 12.8. The van der Waals surface area contributed by atoms with Crippen molar-refractivity contribution in [3.8, 4) is 11.4 Å². The molecule has 0 spiro atoms. The monoisotopic (exact) mass is 306 g/mol. The second-order valence-electron chi connectivity index (χ2n) is 4.72. The zero-order chi connectivity index (χ0) is 14.4. The van der Waals surface area contributed by atoms with Gasteiger partial charge in [-0.05, 0) is 44.5 Å². The van der Waals surface area contributed by atoms with Gasteiger partial charge in [-0.2, -0.15) is 0 Å². The average Bonchev–Trinajstić information content (AvgIpc) is 2.81. The summed E-state index contributed by atoms with van der Waals surface area (Å²) >= 11 is 12.1. The van der Waals surface area contributed by atoms with Gasteiger partial charge in [-0.1, -0.05) is 23.2 Å². The Morgan fingerprint density at radius 3 is 2.50 bits per heavy atom. The summed E-state index contributed by atoms with van der Waals surface area (Å²) in [6.45, 7) is 5.89. The molecule has 20 heavy (non-hydrogen) atoms. The third-order valence-electron chi connectivity index (χ3n) is 3.40. The Morgan fingerprint density at radius 2 is 1.80 bits per heavy atom. The van der Waals surface area contributed by atoms with E-state index in [0.717, 1.165) is 28.3 Å². The first-order valence-electron chi connectivity index (χ1n) is 6.13. The molecule has 0 amide bonds. The van der Waals surface area contributed by atoms with Crippen molar-refractivity contribution in [3.05, 3.63) is 45.3 Å². The van der Waals surface area contributed by atoms with Crippen LogP contribution in [-0.4, -0.2) is 19.6 Å². The van der Waals surface area contributed by atoms with Crippen molar-refractivity contribution in [3.63, 3.8) is 0 Å². The van der Waals surface area contributed by atoms with Crippen molar-refractivity contribution in [2.45, 2.75) is 20.8 Å². The number of aryl methyl sites for hydroxylation is 3. The molecule has 0 radical (unpaired) electrons. The topological polar surface area (TPSA) is 43.1 Å². The number of rotatable bonds is 1. The number of halogens is 2. The van der Waals surface area contributed by atoms with Gasteiger partial charge in [0.1, 0.15) is 0 Å². The fourth-order valence-corrected chi connectivity index (χ4v) is 2.70. The van der Waals surface area contributed by atoms with Crippen LogP contribution < -0.4 is 0 Å². The van der Waals surface area contributed by atoms with Gasteiger partial charge in [0.2, 0.25) is 0 Å². The molecule has 0 N–H and O–H groups in total. The van der Waals surface area contributed by atoms with Gasteiger partial charge in [-0.15, -0.1) is 10.2 Å². The van der Waals surface area contributed by atoms with Crippen molar-refractivity contribution in [2.24, 2.45) is 0 Å². The van der Waals surface area contributed by atoms with Gasteiger partial charge in [0.15, 0.2) is 16.6 Å². The van der Waals surface area contributed by atoms with Crippen LogP contribution in [0.3, 0.4) is 0 Å². The lowest BCUT2D eigenvalue weighted by atomic mass is 10.1. The number of aromatic nitrogens is 4. The Labute approximate surface area is 126 Å². The fraction of sp³-hybridized carbons (Fsp3) is 0.214. The van der Waals surface area contributed by atoms with Crippen molar-refractivity contribution in [2.75, 3.05) is 0 Å². The van der Waals surface area contributed by atoms with Gasteiger partial charge in [-0.25, -0.2) is 4.98 Å². The molecule has 0 aliphatic carbocycles. The second kappa shape index (κ2) is 4.72. The quantitative estimate of drug-likeness (QED) is 0.682. The number of hydrogen-bond acceptors (Lipinski definition) is 3. The first-order valence-corrected chi connectivity index (χ1v) is 6.89. The molecule has 0 saturated heterocycles. The molecule has 0 aliphatic heterocycles. The normalized spacial score (nSPS) is 11.2. The molecule has 0 aliphatic rings. The smallest absolute Gasteiger partial charge is 0.199 e. The molecule has 102 valence electrons. The van der Waals surface area contributed by atoms with Gasteiger partial charge < -0.3 is 0 Å². The van der Waals surface area contributed by atoms with Gasteiger partial charge in [0.25, 0.3) is 0 Å².